The van der Waals surface area contributed by atoms with Crippen LogP contribution in [-0.4, -0.2) is 41.1 Å². The summed E-state index contributed by atoms with van der Waals surface area (Å²) in [6.07, 6.45) is 1.83. The number of anilines is 1. The molecule has 0 atom stereocenters. The standard InChI is InChI=1S/C27H29N3O4S/c1-18-3-6-21(7-4-18)28-27(32)30(22-8-9-22)16-26(31)29(15-25-19(2)11-12-35-25)14-20-5-10-23-24(13-20)34-17-33-23/h3-7,10-13,22H,8-9,14-17H2,1-2H3,(H,28,32). The van der Waals surface area contributed by atoms with Crippen LogP contribution in [0.1, 0.15) is 34.4 Å². The van der Waals surface area contributed by atoms with Crippen molar-refractivity contribution in [3.63, 3.8) is 0 Å². The lowest BCUT2D eigenvalue weighted by Crippen LogP contribution is -2.45. The fourth-order valence-electron chi connectivity index (χ4n) is 4.06. The van der Waals surface area contributed by atoms with E-state index in [1.54, 1.807) is 16.2 Å². The minimum absolute atomic E-state index is 0.0390. The number of nitrogens with one attached hydrogen (secondary N) is 1. The van der Waals surface area contributed by atoms with Gasteiger partial charge in [0.1, 0.15) is 6.54 Å². The zero-order valence-corrected chi connectivity index (χ0v) is 20.8. The molecule has 1 fully saturated rings. The number of carbonyl (C=O) groups is 2. The number of amides is 3. The fourth-order valence-corrected chi connectivity index (χ4v) is 4.98. The largest absolute Gasteiger partial charge is 0.454 e. The first-order valence-electron chi connectivity index (χ1n) is 11.8. The van der Waals surface area contributed by atoms with Gasteiger partial charge in [-0.25, -0.2) is 4.79 Å². The van der Waals surface area contributed by atoms with Gasteiger partial charge in [0.15, 0.2) is 11.5 Å². The number of fused-ring (bicyclic) bond motifs is 1. The third-order valence-electron chi connectivity index (χ3n) is 6.32. The molecule has 1 saturated carbocycles. The summed E-state index contributed by atoms with van der Waals surface area (Å²) < 4.78 is 10.9. The van der Waals surface area contributed by atoms with Crippen LogP contribution >= 0.6 is 11.3 Å². The van der Waals surface area contributed by atoms with Crippen molar-refractivity contribution in [3.8, 4) is 11.5 Å². The van der Waals surface area contributed by atoms with Crippen LogP contribution in [0.25, 0.3) is 0 Å². The lowest BCUT2D eigenvalue weighted by Gasteiger charge is -2.28. The molecule has 0 bridgehead atoms. The van der Waals surface area contributed by atoms with Crippen LogP contribution in [-0.2, 0) is 17.9 Å². The third kappa shape index (κ3) is 5.59. The van der Waals surface area contributed by atoms with Crippen molar-refractivity contribution in [2.75, 3.05) is 18.7 Å². The number of benzene rings is 2. The van der Waals surface area contributed by atoms with E-state index >= 15 is 0 Å². The van der Waals surface area contributed by atoms with Crippen LogP contribution in [0.5, 0.6) is 11.5 Å². The van der Waals surface area contributed by atoms with Gasteiger partial charge in [0.05, 0.1) is 6.54 Å². The number of hydrogen-bond acceptors (Lipinski definition) is 5. The van der Waals surface area contributed by atoms with Crippen LogP contribution < -0.4 is 14.8 Å². The number of rotatable bonds is 8. The summed E-state index contributed by atoms with van der Waals surface area (Å²) in [5.41, 5.74) is 3.97. The Morgan fingerprint density at radius 3 is 2.49 bits per heavy atom. The van der Waals surface area contributed by atoms with Gasteiger partial charge in [-0.1, -0.05) is 23.8 Å². The highest BCUT2D eigenvalue weighted by Gasteiger charge is 2.35. The first-order valence-corrected chi connectivity index (χ1v) is 12.7. The van der Waals surface area contributed by atoms with Crippen LogP contribution in [0, 0.1) is 13.8 Å². The highest BCUT2D eigenvalue weighted by molar-refractivity contribution is 7.10. The Morgan fingerprint density at radius 1 is 1.00 bits per heavy atom. The van der Waals surface area contributed by atoms with Gasteiger partial charge in [-0.15, -0.1) is 11.3 Å². The molecular weight excluding hydrogens is 462 g/mol. The van der Waals surface area contributed by atoms with Gasteiger partial charge in [-0.3, -0.25) is 4.79 Å². The van der Waals surface area contributed by atoms with E-state index in [1.165, 1.54) is 0 Å². The average Bonchev–Trinajstić information content (AvgIpc) is 3.44. The normalized spacial score (nSPS) is 14.0. The molecule has 0 unspecified atom stereocenters. The average molecular weight is 492 g/mol. The van der Waals surface area contributed by atoms with Gasteiger partial charge >= 0.3 is 6.03 Å². The maximum Gasteiger partial charge on any atom is 0.322 e. The second kappa shape index (κ2) is 10.00. The van der Waals surface area contributed by atoms with E-state index in [2.05, 4.69) is 18.3 Å². The Kier molecular flexibility index (Phi) is 6.63. The molecule has 1 aromatic heterocycles. The number of thiophene rings is 1. The molecule has 1 aliphatic carbocycles. The fraction of sp³-hybridized carbons (Fsp3) is 0.333. The van der Waals surface area contributed by atoms with Crippen molar-refractivity contribution in [2.24, 2.45) is 0 Å². The molecule has 8 heteroatoms. The molecule has 7 nitrogen and oxygen atoms in total. The molecule has 5 rings (SSSR count). The van der Waals surface area contributed by atoms with Gasteiger partial charge in [-0.2, -0.15) is 0 Å². The summed E-state index contributed by atoms with van der Waals surface area (Å²) in [5, 5.41) is 5.00. The number of hydrogen-bond donors (Lipinski definition) is 1. The van der Waals surface area contributed by atoms with E-state index in [9.17, 15) is 9.59 Å². The Hall–Kier alpha value is -3.52. The summed E-state index contributed by atoms with van der Waals surface area (Å²) in [5.74, 6) is 1.33. The van der Waals surface area contributed by atoms with E-state index in [-0.39, 0.29) is 31.3 Å². The molecule has 0 spiro atoms. The molecule has 1 N–H and O–H groups in total. The smallest absolute Gasteiger partial charge is 0.322 e. The molecule has 3 aromatic rings. The summed E-state index contributed by atoms with van der Waals surface area (Å²) in [4.78, 5) is 31.4. The van der Waals surface area contributed by atoms with Crippen LogP contribution in [0.2, 0.25) is 0 Å². The molecule has 3 amide bonds. The second-order valence-electron chi connectivity index (χ2n) is 9.12. The van der Waals surface area contributed by atoms with Crippen molar-refractivity contribution in [1.82, 2.24) is 9.80 Å². The molecule has 182 valence electrons. The predicted molar refractivity (Wildman–Crippen MR) is 136 cm³/mol. The molecule has 35 heavy (non-hydrogen) atoms. The van der Waals surface area contributed by atoms with Crippen molar-refractivity contribution in [1.29, 1.82) is 0 Å². The van der Waals surface area contributed by atoms with Crippen LogP contribution in [0.4, 0.5) is 10.5 Å². The Labute approximate surface area is 209 Å². The highest BCUT2D eigenvalue weighted by atomic mass is 32.1. The zero-order valence-electron chi connectivity index (χ0n) is 20.0. The summed E-state index contributed by atoms with van der Waals surface area (Å²) >= 11 is 1.64. The topological polar surface area (TPSA) is 71.1 Å². The summed E-state index contributed by atoms with van der Waals surface area (Å²) in [7, 11) is 0. The van der Waals surface area contributed by atoms with E-state index in [0.29, 0.717) is 24.6 Å². The first kappa shape index (κ1) is 23.2. The molecule has 2 aliphatic rings. The lowest BCUT2D eigenvalue weighted by atomic mass is 10.1. The number of urea groups is 1. The van der Waals surface area contributed by atoms with Gasteiger partial charge in [0, 0.05) is 23.2 Å². The van der Waals surface area contributed by atoms with Crippen molar-refractivity contribution in [3.05, 3.63) is 75.5 Å². The van der Waals surface area contributed by atoms with Crippen molar-refractivity contribution < 1.29 is 19.1 Å². The monoisotopic (exact) mass is 491 g/mol. The molecule has 0 saturated heterocycles. The third-order valence-corrected chi connectivity index (χ3v) is 7.33. The van der Waals surface area contributed by atoms with Crippen LogP contribution in [0.3, 0.4) is 0 Å². The Morgan fingerprint density at radius 2 is 1.77 bits per heavy atom. The minimum atomic E-state index is -0.236. The first-order chi connectivity index (χ1) is 17.0. The van der Waals surface area contributed by atoms with Gasteiger partial charge < -0.3 is 24.6 Å². The van der Waals surface area contributed by atoms with Crippen LogP contribution in [0.15, 0.2) is 53.9 Å². The number of nitrogens with zero attached hydrogens (tertiary/aromatic N) is 2. The minimum Gasteiger partial charge on any atom is -0.454 e. The number of aryl methyl sites for hydroxylation is 2. The van der Waals surface area contributed by atoms with Gasteiger partial charge in [0.2, 0.25) is 12.7 Å². The zero-order chi connectivity index (χ0) is 24.4. The lowest BCUT2D eigenvalue weighted by molar-refractivity contribution is -0.133. The molecule has 1 aliphatic heterocycles. The van der Waals surface area contributed by atoms with Gasteiger partial charge in [0.25, 0.3) is 0 Å². The highest BCUT2D eigenvalue weighted by Crippen LogP contribution is 2.33. The van der Waals surface area contributed by atoms with Gasteiger partial charge in [-0.05, 0) is 73.5 Å². The number of carbonyl (C=O) groups excluding carboxylic acids is 2. The van der Waals surface area contributed by atoms with E-state index in [1.807, 2.05) is 59.7 Å². The maximum atomic E-state index is 13.6. The molecule has 2 heterocycles. The maximum absolute atomic E-state index is 13.6. The summed E-state index contributed by atoms with van der Waals surface area (Å²) in [6.45, 7) is 5.23. The molecule has 2 aromatic carbocycles. The Bertz CT molecular complexity index is 1220. The van der Waals surface area contributed by atoms with E-state index in [0.717, 1.165) is 40.1 Å². The second-order valence-corrected chi connectivity index (χ2v) is 10.1. The molecular formula is C27H29N3O4S. The quantitative estimate of drug-likeness (QED) is 0.463. The predicted octanol–water partition coefficient (Wildman–Crippen LogP) is 5.32. The van der Waals surface area contributed by atoms with Crippen molar-refractivity contribution >= 4 is 29.0 Å². The summed E-state index contributed by atoms with van der Waals surface area (Å²) in [6, 6.07) is 15.4. The Balaban J connectivity index is 1.32. The van der Waals surface area contributed by atoms with E-state index < -0.39 is 0 Å². The molecule has 0 radical (unpaired) electrons. The van der Waals surface area contributed by atoms with E-state index in [4.69, 9.17) is 9.47 Å². The van der Waals surface area contributed by atoms with Crippen molar-refractivity contribution in [2.45, 2.75) is 45.8 Å². The number of ether oxygens (including phenoxy) is 2. The SMILES string of the molecule is Cc1ccc(NC(=O)N(CC(=O)N(Cc2ccc3c(c2)OCO3)Cc2sccc2C)C2CC2)cc1.